The number of hydrogen-bond acceptors (Lipinski definition) is 5. The molecule has 1 aromatic heterocycles. The van der Waals surface area contributed by atoms with Crippen molar-refractivity contribution >= 4 is 29.9 Å². The SMILES string of the molecule is C[C@@H]1CN(CC(=O)N2CC(C)(C)c3cnc(Cc4ccccc4)cc32)[C@@H](C(=O)N2CCC2)CN1.Cl. The zero-order valence-electron chi connectivity index (χ0n) is 20.9. The fourth-order valence-corrected chi connectivity index (χ4v) is 5.33. The summed E-state index contributed by atoms with van der Waals surface area (Å²) in [5, 5.41) is 3.43. The maximum absolute atomic E-state index is 13.7. The van der Waals surface area contributed by atoms with Crippen molar-refractivity contribution in [1.29, 1.82) is 0 Å². The lowest BCUT2D eigenvalue weighted by Gasteiger charge is -2.42. The number of benzene rings is 1. The van der Waals surface area contributed by atoms with Gasteiger partial charge in [-0.15, -0.1) is 12.4 Å². The molecule has 0 radical (unpaired) electrons. The number of carbonyl (C=O) groups excluding carboxylic acids is 2. The van der Waals surface area contributed by atoms with Gasteiger partial charge in [-0.05, 0) is 25.0 Å². The summed E-state index contributed by atoms with van der Waals surface area (Å²) in [6.07, 6.45) is 3.75. The van der Waals surface area contributed by atoms with E-state index >= 15 is 0 Å². The summed E-state index contributed by atoms with van der Waals surface area (Å²) in [6.45, 7) is 10.3. The Balaban J connectivity index is 0.00000289. The molecule has 2 fully saturated rings. The largest absolute Gasteiger partial charge is 0.341 e. The van der Waals surface area contributed by atoms with Crippen LogP contribution in [0.25, 0.3) is 0 Å². The highest BCUT2D eigenvalue weighted by molar-refractivity contribution is 5.98. The summed E-state index contributed by atoms with van der Waals surface area (Å²) in [4.78, 5) is 37.4. The van der Waals surface area contributed by atoms with E-state index in [9.17, 15) is 9.59 Å². The van der Waals surface area contributed by atoms with Gasteiger partial charge in [-0.25, -0.2) is 0 Å². The van der Waals surface area contributed by atoms with Crippen molar-refractivity contribution in [2.45, 2.75) is 51.1 Å². The third-order valence-electron chi connectivity index (χ3n) is 7.44. The van der Waals surface area contributed by atoms with E-state index in [-0.39, 0.29) is 48.3 Å². The van der Waals surface area contributed by atoms with Crippen molar-refractivity contribution in [3.8, 4) is 0 Å². The number of pyridine rings is 1. The van der Waals surface area contributed by atoms with E-state index in [0.29, 0.717) is 19.6 Å². The number of hydrogen-bond donors (Lipinski definition) is 1. The Hall–Kier alpha value is -2.48. The summed E-state index contributed by atoms with van der Waals surface area (Å²) in [5.74, 6) is 0.203. The predicted molar refractivity (Wildman–Crippen MR) is 140 cm³/mol. The average molecular weight is 498 g/mol. The number of carbonyl (C=O) groups is 2. The molecule has 3 aliphatic rings. The molecule has 8 heteroatoms. The minimum absolute atomic E-state index is 0. The summed E-state index contributed by atoms with van der Waals surface area (Å²) in [7, 11) is 0. The van der Waals surface area contributed by atoms with Crippen LogP contribution in [-0.2, 0) is 21.4 Å². The summed E-state index contributed by atoms with van der Waals surface area (Å²) >= 11 is 0. The fraction of sp³-hybridized carbons (Fsp3) is 0.519. The molecule has 0 saturated carbocycles. The lowest BCUT2D eigenvalue weighted by molar-refractivity contribution is -0.142. The van der Waals surface area contributed by atoms with Gasteiger partial charge in [0.2, 0.25) is 11.8 Å². The first kappa shape index (κ1) is 25.6. The molecule has 4 heterocycles. The molecule has 0 unspecified atom stereocenters. The molecule has 2 saturated heterocycles. The molecule has 35 heavy (non-hydrogen) atoms. The number of rotatable bonds is 5. The van der Waals surface area contributed by atoms with Gasteiger partial charge >= 0.3 is 0 Å². The minimum atomic E-state index is -0.276. The number of nitrogens with one attached hydrogen (secondary N) is 1. The van der Waals surface area contributed by atoms with Crippen molar-refractivity contribution < 1.29 is 9.59 Å². The van der Waals surface area contributed by atoms with E-state index in [0.717, 1.165) is 42.9 Å². The number of piperazine rings is 1. The van der Waals surface area contributed by atoms with Crippen molar-refractivity contribution in [3.05, 3.63) is 59.4 Å². The van der Waals surface area contributed by atoms with Gasteiger partial charge in [0.15, 0.2) is 0 Å². The molecule has 5 rings (SSSR count). The zero-order valence-corrected chi connectivity index (χ0v) is 21.7. The first-order valence-corrected chi connectivity index (χ1v) is 12.4. The van der Waals surface area contributed by atoms with Crippen LogP contribution in [0.1, 0.15) is 44.0 Å². The van der Waals surface area contributed by atoms with E-state index in [1.807, 2.05) is 34.2 Å². The lowest BCUT2D eigenvalue weighted by Crippen LogP contribution is -2.64. The molecule has 3 aliphatic heterocycles. The van der Waals surface area contributed by atoms with Gasteiger partial charge in [0.1, 0.15) is 6.04 Å². The molecule has 2 amide bonds. The van der Waals surface area contributed by atoms with Crippen molar-refractivity contribution in [2.75, 3.05) is 44.2 Å². The highest BCUT2D eigenvalue weighted by Gasteiger charge is 2.41. The molecule has 2 aromatic rings. The van der Waals surface area contributed by atoms with E-state index < -0.39 is 0 Å². The van der Waals surface area contributed by atoms with Crippen molar-refractivity contribution in [1.82, 2.24) is 20.1 Å². The van der Waals surface area contributed by atoms with Crippen LogP contribution in [0, 0.1) is 0 Å². The second-order valence-corrected chi connectivity index (χ2v) is 10.7. The van der Waals surface area contributed by atoms with E-state index in [1.54, 1.807) is 0 Å². The number of anilines is 1. The standard InChI is InChI=1S/C27H35N5O2.ClH/c1-19-16-31(24(15-28-19)26(34)30-10-7-11-30)17-25(33)32-18-27(2,3)22-14-29-21(13-23(22)32)12-20-8-5-4-6-9-20;/h4-6,8-9,13-14,19,24,28H,7,10-12,15-18H2,1-3H3;1H/t19-,24-;/m1./s1. The minimum Gasteiger partial charge on any atom is -0.341 e. The molecular weight excluding hydrogens is 462 g/mol. The van der Waals surface area contributed by atoms with Gasteiger partial charge in [0, 0.05) is 68.1 Å². The first-order chi connectivity index (χ1) is 16.3. The molecular formula is C27H36ClN5O2. The van der Waals surface area contributed by atoms with Gasteiger partial charge in [0.25, 0.3) is 0 Å². The Labute approximate surface area is 214 Å². The fourth-order valence-electron chi connectivity index (χ4n) is 5.33. The number of amides is 2. The molecule has 1 N–H and O–H groups in total. The van der Waals surface area contributed by atoms with Crippen molar-refractivity contribution in [3.63, 3.8) is 0 Å². The Kier molecular flexibility index (Phi) is 7.50. The Morgan fingerprint density at radius 2 is 1.91 bits per heavy atom. The normalized spacial score (nSPS) is 23.3. The molecule has 0 spiro atoms. The average Bonchev–Trinajstić information content (AvgIpc) is 3.04. The van der Waals surface area contributed by atoms with Crippen LogP contribution in [0.4, 0.5) is 5.69 Å². The summed E-state index contributed by atoms with van der Waals surface area (Å²) in [5.41, 5.74) is 4.07. The van der Waals surface area contributed by atoms with Crippen molar-refractivity contribution in [2.24, 2.45) is 0 Å². The highest BCUT2D eigenvalue weighted by atomic mass is 35.5. The zero-order chi connectivity index (χ0) is 23.9. The maximum Gasteiger partial charge on any atom is 0.241 e. The van der Waals surface area contributed by atoms with Crippen LogP contribution in [-0.4, -0.2) is 78.0 Å². The Bertz CT molecular complexity index is 1070. The predicted octanol–water partition coefficient (Wildman–Crippen LogP) is 2.61. The van der Waals surface area contributed by atoms with Crippen LogP contribution in [0.5, 0.6) is 0 Å². The van der Waals surface area contributed by atoms with Gasteiger partial charge in [-0.1, -0.05) is 44.2 Å². The first-order valence-electron chi connectivity index (χ1n) is 12.4. The van der Waals surface area contributed by atoms with Crippen LogP contribution in [0.3, 0.4) is 0 Å². The summed E-state index contributed by atoms with van der Waals surface area (Å²) in [6, 6.07) is 12.3. The van der Waals surface area contributed by atoms with Gasteiger partial charge in [-0.2, -0.15) is 0 Å². The number of halogens is 1. The van der Waals surface area contributed by atoms with Crippen LogP contribution in [0.15, 0.2) is 42.6 Å². The van der Waals surface area contributed by atoms with Gasteiger partial charge in [0.05, 0.1) is 12.2 Å². The highest BCUT2D eigenvalue weighted by Crippen LogP contribution is 2.40. The van der Waals surface area contributed by atoms with Gasteiger partial charge < -0.3 is 15.1 Å². The molecule has 188 valence electrons. The number of nitrogens with zero attached hydrogens (tertiary/aromatic N) is 4. The van der Waals surface area contributed by atoms with E-state index in [4.69, 9.17) is 4.98 Å². The molecule has 7 nitrogen and oxygen atoms in total. The van der Waals surface area contributed by atoms with Crippen LogP contribution in [0.2, 0.25) is 0 Å². The lowest BCUT2D eigenvalue weighted by atomic mass is 9.88. The molecule has 0 aliphatic carbocycles. The second kappa shape index (κ2) is 10.2. The molecule has 1 aromatic carbocycles. The Morgan fingerprint density at radius 1 is 1.17 bits per heavy atom. The third kappa shape index (κ3) is 5.22. The third-order valence-corrected chi connectivity index (χ3v) is 7.44. The number of likely N-dealkylation sites (tertiary alicyclic amines) is 1. The topological polar surface area (TPSA) is 68.8 Å². The Morgan fingerprint density at radius 3 is 2.60 bits per heavy atom. The molecule has 0 bridgehead atoms. The quantitative estimate of drug-likeness (QED) is 0.687. The maximum atomic E-state index is 13.7. The smallest absolute Gasteiger partial charge is 0.241 e. The summed E-state index contributed by atoms with van der Waals surface area (Å²) < 4.78 is 0. The van der Waals surface area contributed by atoms with Gasteiger partial charge in [-0.3, -0.25) is 19.5 Å². The molecule has 2 atom stereocenters. The monoisotopic (exact) mass is 497 g/mol. The van der Waals surface area contributed by atoms with Crippen LogP contribution >= 0.6 is 12.4 Å². The van der Waals surface area contributed by atoms with Crippen LogP contribution < -0.4 is 10.2 Å². The van der Waals surface area contributed by atoms with E-state index in [2.05, 4.69) is 49.2 Å². The second-order valence-electron chi connectivity index (χ2n) is 10.7. The number of aromatic nitrogens is 1. The number of fused-ring (bicyclic) bond motifs is 1. The van der Waals surface area contributed by atoms with E-state index in [1.165, 1.54) is 5.56 Å².